The fourth-order valence-electron chi connectivity index (χ4n) is 3.20. The summed E-state index contributed by atoms with van der Waals surface area (Å²) in [5, 5.41) is 3.97. The SMILES string of the molecule is COc1ccc(-c2cc(C(=O)N3CCC[C@H]3c3ccco3)no2)cc1. The Kier molecular flexibility index (Phi) is 4.01. The van der Waals surface area contributed by atoms with Crippen LogP contribution in [0.1, 0.15) is 35.1 Å². The number of carbonyl (C=O) groups is 1. The van der Waals surface area contributed by atoms with Crippen LogP contribution >= 0.6 is 0 Å². The molecule has 1 aromatic carbocycles. The number of carbonyl (C=O) groups excluding carboxylic acids is 1. The van der Waals surface area contributed by atoms with Crippen molar-refractivity contribution in [2.45, 2.75) is 18.9 Å². The van der Waals surface area contributed by atoms with Crippen LogP contribution in [0, 0.1) is 0 Å². The summed E-state index contributed by atoms with van der Waals surface area (Å²) < 4.78 is 16.0. The minimum Gasteiger partial charge on any atom is -0.497 e. The smallest absolute Gasteiger partial charge is 0.276 e. The van der Waals surface area contributed by atoms with Gasteiger partial charge in [-0.15, -0.1) is 0 Å². The molecular formula is C19H18N2O4. The van der Waals surface area contributed by atoms with E-state index in [4.69, 9.17) is 13.7 Å². The van der Waals surface area contributed by atoms with Gasteiger partial charge in [-0.25, -0.2) is 0 Å². The number of nitrogens with zero attached hydrogens (tertiary/aromatic N) is 2. The maximum atomic E-state index is 12.8. The Bertz CT molecular complexity index is 852. The molecule has 0 radical (unpaired) electrons. The highest BCUT2D eigenvalue weighted by molar-refractivity contribution is 5.93. The molecule has 0 spiro atoms. The second kappa shape index (κ2) is 6.47. The summed E-state index contributed by atoms with van der Waals surface area (Å²) >= 11 is 0. The Balaban J connectivity index is 1.55. The Hall–Kier alpha value is -3.02. The van der Waals surface area contributed by atoms with Gasteiger partial charge in [-0.2, -0.15) is 0 Å². The molecule has 0 N–H and O–H groups in total. The number of benzene rings is 1. The Labute approximate surface area is 145 Å². The van der Waals surface area contributed by atoms with Gasteiger partial charge >= 0.3 is 0 Å². The van der Waals surface area contributed by atoms with Crippen molar-refractivity contribution in [1.29, 1.82) is 0 Å². The number of hydrogen-bond acceptors (Lipinski definition) is 5. The quantitative estimate of drug-likeness (QED) is 0.721. The minimum atomic E-state index is -0.137. The van der Waals surface area contributed by atoms with Crippen molar-refractivity contribution in [2.75, 3.05) is 13.7 Å². The van der Waals surface area contributed by atoms with Gasteiger partial charge in [-0.3, -0.25) is 4.79 Å². The minimum absolute atomic E-state index is 0.0383. The molecule has 3 aromatic rings. The molecule has 6 heteroatoms. The summed E-state index contributed by atoms with van der Waals surface area (Å²) in [5.41, 5.74) is 1.15. The predicted octanol–water partition coefficient (Wildman–Crippen LogP) is 3.92. The summed E-state index contributed by atoms with van der Waals surface area (Å²) in [5.74, 6) is 1.99. The molecule has 1 aliphatic rings. The van der Waals surface area contributed by atoms with Gasteiger partial charge in [-0.1, -0.05) is 5.16 Å². The molecule has 0 saturated carbocycles. The standard InChI is InChI=1S/C19H18N2O4/c1-23-14-8-6-13(7-9-14)18-12-15(20-25-18)19(22)21-10-2-4-16(21)17-5-3-11-24-17/h3,5-9,11-12,16H,2,4,10H2,1H3/t16-/m0/s1. The van der Waals surface area contributed by atoms with Gasteiger partial charge in [0.25, 0.3) is 5.91 Å². The van der Waals surface area contributed by atoms with Gasteiger partial charge in [0.05, 0.1) is 19.4 Å². The highest BCUT2D eigenvalue weighted by Crippen LogP contribution is 2.33. The summed E-state index contributed by atoms with van der Waals surface area (Å²) in [6, 6.07) is 12.8. The average molecular weight is 338 g/mol. The van der Waals surface area contributed by atoms with E-state index in [1.807, 2.05) is 36.4 Å². The molecule has 1 aliphatic heterocycles. The van der Waals surface area contributed by atoms with E-state index < -0.39 is 0 Å². The summed E-state index contributed by atoms with van der Waals surface area (Å²) in [7, 11) is 1.62. The van der Waals surface area contributed by atoms with Crippen LogP contribution in [0.25, 0.3) is 11.3 Å². The third kappa shape index (κ3) is 2.91. The molecule has 1 atom stereocenters. The molecule has 1 fully saturated rings. The molecule has 1 amide bonds. The zero-order chi connectivity index (χ0) is 17.2. The summed E-state index contributed by atoms with van der Waals surface area (Å²) in [6.07, 6.45) is 3.47. The molecule has 25 heavy (non-hydrogen) atoms. The van der Waals surface area contributed by atoms with Gasteiger partial charge < -0.3 is 18.6 Å². The van der Waals surface area contributed by atoms with E-state index in [1.54, 1.807) is 24.3 Å². The normalized spacial score (nSPS) is 17.0. The number of methoxy groups -OCH3 is 1. The van der Waals surface area contributed by atoms with Gasteiger partial charge in [-0.05, 0) is 49.2 Å². The van der Waals surface area contributed by atoms with Crippen LogP contribution < -0.4 is 4.74 Å². The first-order valence-corrected chi connectivity index (χ1v) is 8.22. The van der Waals surface area contributed by atoms with Gasteiger partial charge in [0.15, 0.2) is 11.5 Å². The van der Waals surface area contributed by atoms with Crippen LogP contribution in [0.2, 0.25) is 0 Å². The molecule has 0 aliphatic carbocycles. The number of rotatable bonds is 4. The maximum absolute atomic E-state index is 12.8. The highest BCUT2D eigenvalue weighted by atomic mass is 16.5. The summed E-state index contributed by atoms with van der Waals surface area (Å²) in [4.78, 5) is 14.6. The van der Waals surface area contributed by atoms with Crippen LogP contribution in [0.3, 0.4) is 0 Å². The van der Waals surface area contributed by atoms with Crippen molar-refractivity contribution in [3.8, 4) is 17.1 Å². The zero-order valence-corrected chi connectivity index (χ0v) is 13.8. The molecule has 0 unspecified atom stereocenters. The second-order valence-corrected chi connectivity index (χ2v) is 5.98. The third-order valence-electron chi connectivity index (χ3n) is 4.49. The van der Waals surface area contributed by atoms with Crippen molar-refractivity contribution in [3.05, 3.63) is 60.2 Å². The van der Waals surface area contributed by atoms with Crippen LogP contribution in [0.4, 0.5) is 0 Å². The number of likely N-dealkylation sites (tertiary alicyclic amines) is 1. The largest absolute Gasteiger partial charge is 0.497 e. The average Bonchev–Trinajstić information content (AvgIpc) is 3.42. The Morgan fingerprint density at radius 1 is 1.28 bits per heavy atom. The molecule has 0 bridgehead atoms. The first kappa shape index (κ1) is 15.5. The van der Waals surface area contributed by atoms with E-state index in [-0.39, 0.29) is 11.9 Å². The van der Waals surface area contributed by atoms with Crippen molar-refractivity contribution in [1.82, 2.24) is 10.1 Å². The maximum Gasteiger partial charge on any atom is 0.276 e. The molecule has 6 nitrogen and oxygen atoms in total. The molecule has 1 saturated heterocycles. The van der Waals surface area contributed by atoms with Crippen molar-refractivity contribution in [2.24, 2.45) is 0 Å². The lowest BCUT2D eigenvalue weighted by atomic mass is 10.1. The summed E-state index contributed by atoms with van der Waals surface area (Å²) in [6.45, 7) is 0.689. The molecule has 128 valence electrons. The first-order valence-electron chi connectivity index (χ1n) is 8.22. The zero-order valence-electron chi connectivity index (χ0n) is 13.8. The second-order valence-electron chi connectivity index (χ2n) is 5.98. The van der Waals surface area contributed by atoms with Crippen molar-refractivity contribution in [3.63, 3.8) is 0 Å². The molecule has 2 aromatic heterocycles. The predicted molar refractivity (Wildman–Crippen MR) is 90.2 cm³/mol. The van der Waals surface area contributed by atoms with E-state index in [2.05, 4.69) is 5.16 Å². The number of hydrogen-bond donors (Lipinski definition) is 0. The van der Waals surface area contributed by atoms with Crippen LogP contribution in [-0.4, -0.2) is 29.6 Å². The lowest BCUT2D eigenvalue weighted by Crippen LogP contribution is -2.30. The molecule has 4 rings (SSSR count). The highest BCUT2D eigenvalue weighted by Gasteiger charge is 2.33. The van der Waals surface area contributed by atoms with Crippen LogP contribution in [0.15, 0.2) is 57.7 Å². The first-order chi connectivity index (χ1) is 12.3. The fraction of sp³-hybridized carbons (Fsp3) is 0.263. The number of amides is 1. The van der Waals surface area contributed by atoms with E-state index in [9.17, 15) is 4.79 Å². The van der Waals surface area contributed by atoms with Gasteiger partial charge in [0.1, 0.15) is 11.5 Å². The van der Waals surface area contributed by atoms with Crippen LogP contribution in [0.5, 0.6) is 5.75 Å². The third-order valence-corrected chi connectivity index (χ3v) is 4.49. The number of furan rings is 1. The Morgan fingerprint density at radius 2 is 2.12 bits per heavy atom. The fourth-order valence-corrected chi connectivity index (χ4v) is 3.20. The lowest BCUT2D eigenvalue weighted by Gasteiger charge is -2.21. The van der Waals surface area contributed by atoms with E-state index >= 15 is 0 Å². The van der Waals surface area contributed by atoms with Gasteiger partial charge in [0.2, 0.25) is 0 Å². The molecule has 3 heterocycles. The topological polar surface area (TPSA) is 68.7 Å². The Morgan fingerprint density at radius 3 is 2.84 bits per heavy atom. The monoisotopic (exact) mass is 338 g/mol. The van der Waals surface area contributed by atoms with E-state index in [0.717, 1.165) is 29.9 Å². The molecular weight excluding hydrogens is 320 g/mol. The van der Waals surface area contributed by atoms with Crippen LogP contribution in [-0.2, 0) is 0 Å². The van der Waals surface area contributed by atoms with Gasteiger partial charge in [0, 0.05) is 18.2 Å². The lowest BCUT2D eigenvalue weighted by molar-refractivity contribution is 0.0709. The van der Waals surface area contributed by atoms with Crippen molar-refractivity contribution >= 4 is 5.91 Å². The number of aromatic nitrogens is 1. The van der Waals surface area contributed by atoms with E-state index in [0.29, 0.717) is 18.0 Å². The van der Waals surface area contributed by atoms with E-state index in [1.165, 1.54) is 0 Å². The van der Waals surface area contributed by atoms with Crippen molar-refractivity contribution < 1.29 is 18.5 Å². The number of ether oxygens (including phenoxy) is 1.